The number of piperidine rings is 2. The minimum atomic E-state index is -0.0625. The number of carbonyl (C=O) groups is 2. The van der Waals surface area contributed by atoms with Gasteiger partial charge in [0.1, 0.15) is 0 Å². The average Bonchev–Trinajstić information content (AvgIpc) is 3.13. The summed E-state index contributed by atoms with van der Waals surface area (Å²) in [6, 6.07) is 0. The highest BCUT2D eigenvalue weighted by molar-refractivity contribution is 5.78. The van der Waals surface area contributed by atoms with Gasteiger partial charge in [-0.05, 0) is 130 Å². The van der Waals surface area contributed by atoms with Crippen molar-refractivity contribution < 1.29 is 28.5 Å². The third kappa shape index (κ3) is 36.7. The van der Waals surface area contributed by atoms with Crippen molar-refractivity contribution in [2.45, 2.75) is 186 Å². The Hall–Kier alpha value is -1.38. The minimum Gasteiger partial charge on any atom is -0.378 e. The maximum atomic E-state index is 12.0. The molecule has 0 aromatic heterocycles. The van der Waals surface area contributed by atoms with Crippen molar-refractivity contribution in [3.8, 4) is 0 Å². The summed E-state index contributed by atoms with van der Waals surface area (Å²) < 4.78 is 23.3. The molecule has 0 aromatic rings. The van der Waals surface area contributed by atoms with E-state index in [0.717, 1.165) is 131 Å². The largest absolute Gasteiger partial charge is 0.378 e. The molecular formula is C52H106N6O6. The van der Waals surface area contributed by atoms with Gasteiger partial charge < -0.3 is 39.4 Å². The molecule has 2 amide bonds. The zero-order valence-corrected chi connectivity index (χ0v) is 45.4. The molecular weight excluding hydrogens is 805 g/mol. The Kier molecular flexibility index (Phi) is 27.3. The Morgan fingerprint density at radius 3 is 1.19 bits per heavy atom. The second-order valence-electron chi connectivity index (χ2n) is 25.4. The van der Waals surface area contributed by atoms with Crippen molar-refractivity contribution in [2.75, 3.05) is 118 Å². The average molecular weight is 911 g/mol. The smallest absolute Gasteiger partial charge is 0.234 e. The van der Waals surface area contributed by atoms with Crippen LogP contribution < -0.4 is 10.6 Å². The second kappa shape index (κ2) is 28.8. The number of hydrogen-bond donors (Lipinski definition) is 2. The van der Waals surface area contributed by atoms with Gasteiger partial charge in [0, 0.05) is 85.0 Å². The number of carbonyl (C=O) groups excluding carboxylic acids is 2. The Bertz CT molecular complexity index is 1140. The molecule has 0 spiro atoms. The Labute approximate surface area is 395 Å². The second-order valence-corrected chi connectivity index (χ2v) is 25.4. The Morgan fingerprint density at radius 2 is 0.812 bits per heavy atom. The summed E-state index contributed by atoms with van der Waals surface area (Å²) in [5.41, 5.74) is 0.545. The molecule has 3 heterocycles. The lowest BCUT2D eigenvalue weighted by atomic mass is 9.92. The maximum Gasteiger partial charge on any atom is 0.234 e. The normalized spacial score (nSPS) is 18.8. The van der Waals surface area contributed by atoms with Crippen LogP contribution >= 0.6 is 0 Å². The van der Waals surface area contributed by atoms with Crippen LogP contribution in [-0.4, -0.2) is 172 Å². The van der Waals surface area contributed by atoms with Crippen LogP contribution in [0.5, 0.6) is 0 Å². The lowest BCUT2D eigenvalue weighted by Gasteiger charge is -2.34. The van der Waals surface area contributed by atoms with E-state index < -0.39 is 0 Å². The van der Waals surface area contributed by atoms with Gasteiger partial charge in [-0.1, -0.05) is 62.3 Å². The summed E-state index contributed by atoms with van der Waals surface area (Å²) in [7, 11) is 0. The van der Waals surface area contributed by atoms with Crippen molar-refractivity contribution in [1.82, 2.24) is 30.2 Å². The molecule has 3 aliphatic rings. The van der Waals surface area contributed by atoms with Gasteiger partial charge in [0.05, 0.1) is 49.3 Å². The first kappa shape index (κ1) is 60.6. The van der Waals surface area contributed by atoms with Crippen LogP contribution in [0.4, 0.5) is 0 Å². The van der Waals surface area contributed by atoms with Crippen LogP contribution in [0.3, 0.4) is 0 Å². The number of hydrogen-bond acceptors (Lipinski definition) is 10. The number of amides is 2. The first-order valence-corrected chi connectivity index (χ1v) is 25.2. The third-order valence-corrected chi connectivity index (χ3v) is 11.2. The topological polar surface area (TPSA) is 108 Å². The van der Waals surface area contributed by atoms with Crippen molar-refractivity contribution >= 4 is 11.8 Å². The van der Waals surface area contributed by atoms with Gasteiger partial charge in [0.25, 0.3) is 0 Å². The number of nitrogens with one attached hydrogen (secondary N) is 2. The predicted molar refractivity (Wildman–Crippen MR) is 268 cm³/mol. The van der Waals surface area contributed by atoms with E-state index in [0.29, 0.717) is 30.4 Å². The number of rotatable bonds is 18. The molecule has 0 atom stereocenters. The molecule has 0 saturated carbocycles. The van der Waals surface area contributed by atoms with Gasteiger partial charge in [-0.25, -0.2) is 0 Å². The van der Waals surface area contributed by atoms with Crippen molar-refractivity contribution in [3.05, 3.63) is 0 Å². The number of nitrogens with zero attached hydrogens (tertiary/aromatic N) is 4. The van der Waals surface area contributed by atoms with Crippen LogP contribution in [0, 0.1) is 22.2 Å². The SMILES string of the molecule is CC(C)(C)CCOC1CCN(CCOC(C)(C)C)CC1.CC(C)(C)CNC(=O)CC1CCN(CCOC(C)(C)C)CC1.CC(C)(C)CNC(=O)CN1CCN(CCOC(C)(C)C)CC1. The van der Waals surface area contributed by atoms with Gasteiger partial charge in [0.2, 0.25) is 11.8 Å². The molecule has 64 heavy (non-hydrogen) atoms. The van der Waals surface area contributed by atoms with E-state index in [1.54, 1.807) is 0 Å². The standard InChI is InChI=1S/C18H36N2O2.C17H35N3O2.C17H35NO2/c1-17(2,3)14-19-16(21)13-15-7-9-20(10-8-15)11-12-22-18(4,5)6;1-16(2,3)14-18-15(21)13-20-9-7-19(8-10-20)11-12-22-17(4,5)6;1-16(2,3)9-13-19-15-7-10-18(11-8-15)12-14-20-17(4,5)6/h15H,7-14H2,1-6H3,(H,19,21);7-14H2,1-6H3,(H,18,21);15H,7-14H2,1-6H3. The van der Waals surface area contributed by atoms with Crippen LogP contribution in [0.25, 0.3) is 0 Å². The van der Waals surface area contributed by atoms with Crippen molar-refractivity contribution in [2.24, 2.45) is 22.2 Å². The van der Waals surface area contributed by atoms with Crippen LogP contribution in [0.1, 0.15) is 163 Å². The maximum absolute atomic E-state index is 12.0. The summed E-state index contributed by atoms with van der Waals surface area (Å²) in [6.07, 6.45) is 6.88. The van der Waals surface area contributed by atoms with Crippen molar-refractivity contribution in [3.63, 3.8) is 0 Å². The summed E-state index contributed by atoms with van der Waals surface area (Å²) in [5, 5.41) is 6.08. The van der Waals surface area contributed by atoms with E-state index >= 15 is 0 Å². The summed E-state index contributed by atoms with van der Waals surface area (Å²) in [4.78, 5) is 33.5. The quantitative estimate of drug-likeness (QED) is 0.139. The molecule has 380 valence electrons. The molecule has 0 aromatic carbocycles. The molecule has 0 bridgehead atoms. The molecule has 3 rings (SSSR count). The van der Waals surface area contributed by atoms with E-state index in [9.17, 15) is 9.59 Å². The molecule has 3 aliphatic heterocycles. The fourth-order valence-corrected chi connectivity index (χ4v) is 7.18. The molecule has 0 radical (unpaired) electrons. The van der Waals surface area contributed by atoms with Crippen LogP contribution in [0.15, 0.2) is 0 Å². The van der Waals surface area contributed by atoms with E-state index in [1.165, 1.54) is 12.8 Å². The third-order valence-electron chi connectivity index (χ3n) is 11.2. The van der Waals surface area contributed by atoms with Gasteiger partial charge in [0.15, 0.2) is 0 Å². The van der Waals surface area contributed by atoms with Gasteiger partial charge in [-0.15, -0.1) is 0 Å². The predicted octanol–water partition coefficient (Wildman–Crippen LogP) is 8.37. The molecule has 0 aliphatic carbocycles. The minimum absolute atomic E-state index is 0.0195. The fraction of sp³-hybridized carbons (Fsp3) is 0.962. The van der Waals surface area contributed by atoms with E-state index in [4.69, 9.17) is 18.9 Å². The first-order valence-electron chi connectivity index (χ1n) is 25.2. The summed E-state index contributed by atoms with van der Waals surface area (Å²) in [6.45, 7) is 55.3. The van der Waals surface area contributed by atoms with Crippen molar-refractivity contribution in [1.29, 1.82) is 0 Å². The van der Waals surface area contributed by atoms with Gasteiger partial charge in [-0.3, -0.25) is 19.4 Å². The molecule has 12 nitrogen and oxygen atoms in total. The van der Waals surface area contributed by atoms with Gasteiger partial charge in [-0.2, -0.15) is 0 Å². The Balaban J connectivity index is 0.000000481. The van der Waals surface area contributed by atoms with E-state index in [2.05, 4.69) is 155 Å². The zero-order chi connectivity index (χ0) is 48.8. The number of ether oxygens (including phenoxy) is 4. The highest BCUT2D eigenvalue weighted by Crippen LogP contribution is 2.22. The number of piperazine rings is 1. The monoisotopic (exact) mass is 911 g/mol. The molecule has 2 N–H and O–H groups in total. The number of likely N-dealkylation sites (tertiary alicyclic amines) is 2. The molecule has 3 saturated heterocycles. The summed E-state index contributed by atoms with van der Waals surface area (Å²) >= 11 is 0. The molecule has 3 fully saturated rings. The highest BCUT2D eigenvalue weighted by atomic mass is 16.5. The van der Waals surface area contributed by atoms with Crippen LogP contribution in [0.2, 0.25) is 0 Å². The van der Waals surface area contributed by atoms with Crippen LogP contribution in [-0.2, 0) is 28.5 Å². The van der Waals surface area contributed by atoms with Gasteiger partial charge >= 0.3 is 0 Å². The summed E-state index contributed by atoms with van der Waals surface area (Å²) in [5.74, 6) is 0.892. The lowest BCUT2D eigenvalue weighted by Crippen LogP contribution is -2.50. The fourth-order valence-electron chi connectivity index (χ4n) is 7.18. The Morgan fingerprint density at radius 1 is 0.453 bits per heavy atom. The molecule has 0 unspecified atom stereocenters. The lowest BCUT2D eigenvalue weighted by molar-refractivity contribution is -0.123. The van der Waals surface area contributed by atoms with E-state index in [-0.39, 0.29) is 39.4 Å². The van der Waals surface area contributed by atoms with E-state index in [1.807, 2.05) is 0 Å². The zero-order valence-electron chi connectivity index (χ0n) is 45.4. The molecule has 12 heteroatoms. The highest BCUT2D eigenvalue weighted by Gasteiger charge is 2.25. The first-order chi connectivity index (χ1) is 29.3.